The topological polar surface area (TPSA) is 44.8 Å². The number of rotatable bonds is 6. The molecule has 0 aliphatic heterocycles. The fraction of sp³-hybridized carbons (Fsp3) is 0.381. The van der Waals surface area contributed by atoms with Gasteiger partial charge in [-0.1, -0.05) is 25.1 Å². The van der Waals surface area contributed by atoms with Gasteiger partial charge in [-0.05, 0) is 57.2 Å². The van der Waals surface area contributed by atoms with E-state index in [-0.39, 0.29) is 21.2 Å². The van der Waals surface area contributed by atoms with Crippen molar-refractivity contribution < 1.29 is 40.2 Å². The molecule has 0 amide bonds. The summed E-state index contributed by atoms with van der Waals surface area (Å²) < 4.78 is 19.2. The highest BCUT2D eigenvalue weighted by Gasteiger charge is 2.32. The fourth-order valence-corrected chi connectivity index (χ4v) is 4.24. The first kappa shape index (κ1) is 20.6. The smallest absolute Gasteiger partial charge is 0.452 e. The van der Waals surface area contributed by atoms with Crippen molar-refractivity contribution in [3.63, 3.8) is 0 Å². The Morgan fingerprint density at radius 2 is 1.46 bits per heavy atom. The Balaban J connectivity index is 2.00. The maximum atomic E-state index is 12.0. The molecule has 26 heavy (non-hydrogen) atoms. The molecule has 0 saturated carbocycles. The molecule has 2 aromatic carbocycles. The number of hydrogen-bond acceptors (Lipinski definition) is 4. The van der Waals surface area contributed by atoms with E-state index in [9.17, 15) is 4.79 Å². The predicted octanol–water partition coefficient (Wildman–Crippen LogP) is 2.27. The van der Waals surface area contributed by atoms with Crippen molar-refractivity contribution in [2.45, 2.75) is 52.4 Å². The van der Waals surface area contributed by atoms with Crippen LogP contribution in [-0.2, 0) is 9.47 Å². The van der Waals surface area contributed by atoms with Crippen molar-refractivity contribution in [2.75, 3.05) is 0 Å². The van der Waals surface area contributed by atoms with E-state index in [2.05, 4.69) is 36.4 Å². The monoisotopic (exact) mass is 469 g/mol. The van der Waals surface area contributed by atoms with Crippen molar-refractivity contribution in [3.05, 3.63) is 61.7 Å². The summed E-state index contributed by atoms with van der Waals surface area (Å²) in [4.78, 5) is 12.0. The van der Waals surface area contributed by atoms with E-state index < -0.39 is 17.5 Å². The van der Waals surface area contributed by atoms with E-state index in [0.717, 1.165) is 0 Å². The summed E-state index contributed by atoms with van der Waals surface area (Å²) in [6.45, 7) is 9.04. The highest BCUT2D eigenvalue weighted by molar-refractivity contribution is 5.61. The van der Waals surface area contributed by atoms with Crippen molar-refractivity contribution in [3.8, 4) is 5.75 Å². The van der Waals surface area contributed by atoms with Crippen LogP contribution < -0.4 is 25.9 Å². The van der Waals surface area contributed by atoms with Crippen LogP contribution in [0.1, 0.15) is 41.0 Å². The molecule has 140 valence electrons. The van der Waals surface area contributed by atoms with Gasteiger partial charge in [0.2, 0.25) is 0 Å². The van der Waals surface area contributed by atoms with Gasteiger partial charge in [0.15, 0.2) is 7.14 Å². The quantitative estimate of drug-likeness (QED) is 0.370. The molecule has 2 rings (SSSR count). The second-order valence-corrected chi connectivity index (χ2v) is 10.0. The van der Waals surface area contributed by atoms with Crippen molar-refractivity contribution in [2.24, 2.45) is 0 Å². The molecule has 0 N–H and O–H groups in total. The molecule has 0 radical (unpaired) electrons. The Bertz CT molecular complexity index is 707. The van der Waals surface area contributed by atoms with E-state index >= 15 is 0 Å². The van der Waals surface area contributed by atoms with Crippen molar-refractivity contribution in [1.82, 2.24) is 0 Å². The van der Waals surface area contributed by atoms with Crippen molar-refractivity contribution in [1.29, 1.82) is 0 Å². The third-order valence-electron chi connectivity index (χ3n) is 3.43. The van der Waals surface area contributed by atoms with Gasteiger partial charge in [-0.3, -0.25) is 0 Å². The van der Waals surface area contributed by atoms with E-state index in [4.69, 9.17) is 14.2 Å². The first-order valence-electron chi connectivity index (χ1n) is 8.60. The first-order valence-corrected chi connectivity index (χ1v) is 10.8. The van der Waals surface area contributed by atoms with Gasteiger partial charge in [0.05, 0.1) is 0 Å². The van der Waals surface area contributed by atoms with E-state index in [1.54, 1.807) is 27.7 Å². The molecule has 0 spiro atoms. The average molecular weight is 469 g/mol. The van der Waals surface area contributed by atoms with E-state index in [0.29, 0.717) is 12.2 Å². The zero-order valence-electron chi connectivity index (χ0n) is 15.9. The lowest BCUT2D eigenvalue weighted by atomic mass is 10.2. The lowest BCUT2D eigenvalue weighted by Crippen LogP contribution is -3.61. The zero-order valence-corrected chi connectivity index (χ0v) is 18.1. The van der Waals surface area contributed by atoms with Gasteiger partial charge in [0, 0.05) is 13.3 Å². The highest BCUT2D eigenvalue weighted by Crippen LogP contribution is 2.23. The molecule has 0 aliphatic carbocycles. The van der Waals surface area contributed by atoms with E-state index in [1.165, 1.54) is 7.14 Å². The third kappa shape index (κ3) is 6.86. The Kier molecular flexibility index (Phi) is 6.92. The molecule has 1 atom stereocenters. The molecule has 0 fully saturated rings. The van der Waals surface area contributed by atoms with Crippen LogP contribution in [0.3, 0.4) is 0 Å². The number of ether oxygens (including phenoxy) is 3. The summed E-state index contributed by atoms with van der Waals surface area (Å²) in [5.41, 5.74) is -0.603. The van der Waals surface area contributed by atoms with E-state index in [1.807, 2.05) is 25.1 Å². The molecule has 0 aromatic heterocycles. The first-order chi connectivity index (χ1) is 12.2. The second-order valence-electron chi connectivity index (χ2n) is 7.00. The van der Waals surface area contributed by atoms with Crippen LogP contribution in [0, 0.1) is 7.14 Å². The van der Waals surface area contributed by atoms with Gasteiger partial charge in [-0.2, -0.15) is 0 Å². The lowest BCUT2D eigenvalue weighted by molar-refractivity contribution is -0.597. The molecule has 0 aliphatic rings. The third-order valence-corrected chi connectivity index (χ3v) is 6.11. The minimum absolute atomic E-state index is 0.213. The summed E-state index contributed by atoms with van der Waals surface area (Å²) in [6.07, 6.45) is -0.223. The molecule has 0 bridgehead atoms. The molecule has 0 saturated heterocycles. The van der Waals surface area contributed by atoms with Gasteiger partial charge in [-0.15, -0.1) is 0 Å². The highest BCUT2D eigenvalue weighted by atomic mass is 127. The van der Waals surface area contributed by atoms with Gasteiger partial charge in [-0.25, -0.2) is 4.79 Å². The van der Waals surface area contributed by atoms with Gasteiger partial charge in [0.1, 0.15) is 11.4 Å². The molecular formula is C21H26IO4+. The van der Waals surface area contributed by atoms with Crippen LogP contribution >= 0.6 is 0 Å². The molecule has 1 unspecified atom stereocenters. The molecule has 2 aromatic rings. The number of hydrogen-bond donors (Lipinski definition) is 0. The van der Waals surface area contributed by atoms with Crippen LogP contribution in [-0.4, -0.2) is 17.5 Å². The van der Waals surface area contributed by atoms with Gasteiger partial charge in [0.25, 0.3) is 5.79 Å². The second kappa shape index (κ2) is 8.75. The summed E-state index contributed by atoms with van der Waals surface area (Å²) in [7, 11) is 0. The normalized spacial score (nSPS) is 13.6. The molecule has 0 heterocycles. The summed E-state index contributed by atoms with van der Waals surface area (Å²) >= 11 is -0.213. The molecular weight excluding hydrogens is 443 g/mol. The predicted molar refractivity (Wildman–Crippen MR) is 96.9 cm³/mol. The van der Waals surface area contributed by atoms with Crippen LogP contribution in [0.5, 0.6) is 5.75 Å². The Labute approximate surface area is 166 Å². The molecule has 4 nitrogen and oxygen atoms in total. The Hall–Kier alpha value is -1.76. The van der Waals surface area contributed by atoms with Crippen molar-refractivity contribution >= 4 is 6.16 Å². The van der Waals surface area contributed by atoms with Gasteiger partial charge >= 0.3 is 27.4 Å². The number of carbonyl (C=O) groups excluding carboxylic acids is 1. The summed E-state index contributed by atoms with van der Waals surface area (Å²) in [6, 6.07) is 18.4. The minimum Gasteiger partial charge on any atom is -0.452 e. The van der Waals surface area contributed by atoms with Crippen LogP contribution in [0.25, 0.3) is 0 Å². The molecule has 5 heteroatoms. The maximum absolute atomic E-state index is 12.0. The number of carbonyl (C=O) groups is 1. The Morgan fingerprint density at radius 3 is 2.00 bits per heavy atom. The largest absolute Gasteiger partial charge is 0.512 e. The number of benzene rings is 2. The average Bonchev–Trinajstić information content (AvgIpc) is 2.56. The SMILES string of the molecule is CCC(C)(OC(=O)OC(C)(C)C)Oc1ccc([I+]c2ccccc2)cc1. The fourth-order valence-electron chi connectivity index (χ4n) is 2.03. The van der Waals surface area contributed by atoms with Crippen LogP contribution in [0.15, 0.2) is 54.6 Å². The van der Waals surface area contributed by atoms with Gasteiger partial charge < -0.3 is 14.2 Å². The Morgan fingerprint density at radius 1 is 0.885 bits per heavy atom. The lowest BCUT2D eigenvalue weighted by Gasteiger charge is -2.30. The summed E-state index contributed by atoms with van der Waals surface area (Å²) in [5.74, 6) is -0.406. The zero-order chi connectivity index (χ0) is 19.2. The number of halogens is 1. The standard InChI is InChI=1S/C21H26IO4/c1-6-21(5,26-19(23)25-20(2,3)4)24-18-14-12-17(13-15-18)22-16-10-8-7-9-11-16/h7-15H,6H2,1-5H3/q+1. The van der Waals surface area contributed by atoms with Crippen LogP contribution in [0.4, 0.5) is 4.79 Å². The minimum atomic E-state index is -1.07. The van der Waals surface area contributed by atoms with Crippen LogP contribution in [0.2, 0.25) is 0 Å². The maximum Gasteiger partial charge on any atom is 0.512 e. The summed E-state index contributed by atoms with van der Waals surface area (Å²) in [5, 5.41) is 0.